The SMILES string of the molecule is CCCCCCC=C[C@H]1C(O)CC(=O)[C@@H]1CC(=O)C(O)CC=CC(=O)OCC. The van der Waals surface area contributed by atoms with Gasteiger partial charge in [-0.25, -0.2) is 4.79 Å². The van der Waals surface area contributed by atoms with Crippen LogP contribution in [0.4, 0.5) is 0 Å². The third-order valence-corrected chi connectivity index (χ3v) is 5.01. The Labute approximate surface area is 167 Å². The van der Waals surface area contributed by atoms with Crippen LogP contribution in [0.15, 0.2) is 24.3 Å². The summed E-state index contributed by atoms with van der Waals surface area (Å²) in [5, 5.41) is 20.2. The molecule has 2 N–H and O–H groups in total. The highest BCUT2D eigenvalue weighted by Crippen LogP contribution is 2.33. The van der Waals surface area contributed by atoms with E-state index in [0.29, 0.717) is 0 Å². The first-order valence-corrected chi connectivity index (χ1v) is 10.3. The lowest BCUT2D eigenvalue weighted by Gasteiger charge is -2.18. The Kier molecular flexibility index (Phi) is 11.6. The van der Waals surface area contributed by atoms with Gasteiger partial charge in [-0.3, -0.25) is 9.59 Å². The highest BCUT2D eigenvalue weighted by molar-refractivity contribution is 5.92. The summed E-state index contributed by atoms with van der Waals surface area (Å²) in [6, 6.07) is 0. The van der Waals surface area contributed by atoms with E-state index in [1.165, 1.54) is 25.0 Å². The molecule has 1 aliphatic carbocycles. The van der Waals surface area contributed by atoms with Crippen molar-refractivity contribution in [1.29, 1.82) is 0 Å². The maximum Gasteiger partial charge on any atom is 0.330 e. The predicted octanol–water partition coefficient (Wildman–Crippen LogP) is 2.91. The molecular weight excluding hydrogens is 360 g/mol. The Bertz CT molecular complexity index is 565. The summed E-state index contributed by atoms with van der Waals surface area (Å²) < 4.78 is 4.73. The smallest absolute Gasteiger partial charge is 0.330 e. The van der Waals surface area contributed by atoms with Gasteiger partial charge in [-0.15, -0.1) is 0 Å². The Morgan fingerprint density at radius 2 is 1.96 bits per heavy atom. The molecule has 0 aromatic heterocycles. The first-order valence-electron chi connectivity index (χ1n) is 10.3. The summed E-state index contributed by atoms with van der Waals surface area (Å²) in [6.45, 7) is 4.09. The number of unbranched alkanes of at least 4 members (excludes halogenated alkanes) is 4. The van der Waals surface area contributed by atoms with E-state index in [-0.39, 0.29) is 37.6 Å². The summed E-state index contributed by atoms with van der Waals surface area (Å²) in [5.74, 6) is -2.11. The third kappa shape index (κ3) is 8.48. The minimum atomic E-state index is -1.28. The fraction of sp³-hybridized carbons (Fsp3) is 0.682. The molecule has 0 aromatic rings. The number of ether oxygens (including phenoxy) is 1. The van der Waals surface area contributed by atoms with Crippen molar-refractivity contribution in [1.82, 2.24) is 0 Å². The summed E-state index contributed by atoms with van der Waals surface area (Å²) in [6.07, 6.45) is 9.73. The molecule has 0 saturated heterocycles. The number of rotatable bonds is 13. The van der Waals surface area contributed by atoms with Gasteiger partial charge in [0, 0.05) is 30.8 Å². The molecule has 1 aliphatic rings. The number of hydrogen-bond donors (Lipinski definition) is 2. The fourth-order valence-electron chi connectivity index (χ4n) is 3.40. The highest BCUT2D eigenvalue weighted by atomic mass is 16.5. The molecule has 1 saturated carbocycles. The second kappa shape index (κ2) is 13.4. The Hall–Kier alpha value is -1.79. The number of esters is 1. The predicted molar refractivity (Wildman–Crippen MR) is 107 cm³/mol. The molecule has 0 heterocycles. The van der Waals surface area contributed by atoms with Crippen molar-refractivity contribution in [3.8, 4) is 0 Å². The molecular formula is C22H34O6. The molecule has 1 rings (SSSR count). The van der Waals surface area contributed by atoms with Crippen LogP contribution in [0.25, 0.3) is 0 Å². The molecule has 0 radical (unpaired) electrons. The molecule has 4 atom stereocenters. The van der Waals surface area contributed by atoms with Crippen LogP contribution < -0.4 is 0 Å². The minimum Gasteiger partial charge on any atom is -0.463 e. The van der Waals surface area contributed by atoms with Crippen molar-refractivity contribution in [2.75, 3.05) is 6.61 Å². The van der Waals surface area contributed by atoms with Gasteiger partial charge in [0.2, 0.25) is 0 Å². The van der Waals surface area contributed by atoms with Gasteiger partial charge in [0.15, 0.2) is 5.78 Å². The largest absolute Gasteiger partial charge is 0.463 e. The van der Waals surface area contributed by atoms with Crippen LogP contribution in [-0.4, -0.2) is 46.6 Å². The number of hydrogen-bond acceptors (Lipinski definition) is 6. The Morgan fingerprint density at radius 3 is 2.64 bits per heavy atom. The molecule has 6 heteroatoms. The van der Waals surface area contributed by atoms with E-state index in [9.17, 15) is 24.6 Å². The summed E-state index contributed by atoms with van der Waals surface area (Å²) >= 11 is 0. The van der Waals surface area contributed by atoms with Crippen molar-refractivity contribution >= 4 is 17.5 Å². The van der Waals surface area contributed by atoms with Crippen LogP contribution in [0.5, 0.6) is 0 Å². The van der Waals surface area contributed by atoms with Gasteiger partial charge in [0.1, 0.15) is 11.9 Å². The topological polar surface area (TPSA) is 101 Å². The van der Waals surface area contributed by atoms with Crippen LogP contribution in [0, 0.1) is 11.8 Å². The fourth-order valence-corrected chi connectivity index (χ4v) is 3.40. The first kappa shape index (κ1) is 24.2. The van der Waals surface area contributed by atoms with Gasteiger partial charge in [-0.1, -0.05) is 44.4 Å². The van der Waals surface area contributed by atoms with Crippen LogP contribution in [0.1, 0.15) is 65.2 Å². The number of Topliss-reactive ketones (excluding diaryl/α,β-unsaturated/α-hetero) is 2. The monoisotopic (exact) mass is 394 g/mol. The number of allylic oxidation sites excluding steroid dienone is 1. The molecule has 1 fully saturated rings. The quantitative estimate of drug-likeness (QED) is 0.216. The minimum absolute atomic E-state index is 0.0148. The number of aliphatic hydroxyl groups is 2. The molecule has 0 amide bonds. The van der Waals surface area contributed by atoms with Crippen LogP contribution in [-0.2, 0) is 19.1 Å². The van der Waals surface area contributed by atoms with Crippen LogP contribution in [0.2, 0.25) is 0 Å². The molecule has 2 unspecified atom stereocenters. The van der Waals surface area contributed by atoms with Gasteiger partial charge in [-0.05, 0) is 26.2 Å². The molecule has 28 heavy (non-hydrogen) atoms. The Morgan fingerprint density at radius 1 is 1.21 bits per heavy atom. The zero-order valence-corrected chi connectivity index (χ0v) is 17.0. The van der Waals surface area contributed by atoms with Gasteiger partial charge in [-0.2, -0.15) is 0 Å². The van der Waals surface area contributed by atoms with E-state index in [4.69, 9.17) is 4.74 Å². The van der Waals surface area contributed by atoms with Crippen molar-refractivity contribution in [2.45, 2.75) is 77.4 Å². The van der Waals surface area contributed by atoms with Crippen LogP contribution >= 0.6 is 0 Å². The lowest BCUT2D eigenvalue weighted by molar-refractivity contribution is -0.137. The van der Waals surface area contributed by atoms with Gasteiger partial charge in [0.25, 0.3) is 0 Å². The molecule has 0 aromatic carbocycles. The molecule has 0 aliphatic heterocycles. The normalized spacial score (nSPS) is 23.6. The zero-order valence-electron chi connectivity index (χ0n) is 17.0. The Balaban J connectivity index is 2.55. The maximum atomic E-state index is 12.3. The van der Waals surface area contributed by atoms with E-state index in [0.717, 1.165) is 19.3 Å². The van der Waals surface area contributed by atoms with Crippen molar-refractivity contribution in [3.05, 3.63) is 24.3 Å². The van der Waals surface area contributed by atoms with Gasteiger partial charge < -0.3 is 14.9 Å². The summed E-state index contributed by atoms with van der Waals surface area (Å²) in [7, 11) is 0. The average molecular weight is 395 g/mol. The first-order chi connectivity index (χ1) is 13.4. The van der Waals surface area contributed by atoms with E-state index in [1.54, 1.807) is 6.92 Å². The zero-order chi connectivity index (χ0) is 20.9. The molecule has 158 valence electrons. The van der Waals surface area contributed by atoms with Crippen molar-refractivity contribution < 1.29 is 29.3 Å². The average Bonchev–Trinajstić information content (AvgIpc) is 2.91. The number of carbonyl (C=O) groups is 3. The van der Waals surface area contributed by atoms with E-state index < -0.39 is 29.9 Å². The van der Waals surface area contributed by atoms with E-state index >= 15 is 0 Å². The molecule has 0 spiro atoms. The molecule has 0 bridgehead atoms. The standard InChI is InChI=1S/C22H34O6/c1-3-5-6-7-8-9-11-16-17(20(25)15-19(16)24)14-21(26)18(23)12-10-13-22(27)28-4-2/h9-11,13,16-19,23-24H,3-8,12,14-15H2,1-2H3/t16-,17-,18?,19?/m1/s1. The van der Waals surface area contributed by atoms with Gasteiger partial charge >= 0.3 is 5.97 Å². The molecule has 6 nitrogen and oxygen atoms in total. The van der Waals surface area contributed by atoms with E-state index in [2.05, 4.69) is 6.92 Å². The van der Waals surface area contributed by atoms with Crippen molar-refractivity contribution in [3.63, 3.8) is 0 Å². The van der Waals surface area contributed by atoms with Crippen LogP contribution in [0.3, 0.4) is 0 Å². The summed E-state index contributed by atoms with van der Waals surface area (Å²) in [4.78, 5) is 35.7. The number of aliphatic hydroxyl groups excluding tert-OH is 2. The lowest BCUT2D eigenvalue weighted by Crippen LogP contribution is -2.27. The number of ketones is 2. The number of carbonyl (C=O) groups excluding carboxylic acids is 3. The highest BCUT2D eigenvalue weighted by Gasteiger charge is 2.41. The summed E-state index contributed by atoms with van der Waals surface area (Å²) in [5.41, 5.74) is 0. The maximum absolute atomic E-state index is 12.3. The van der Waals surface area contributed by atoms with E-state index in [1.807, 2.05) is 12.2 Å². The lowest BCUT2D eigenvalue weighted by atomic mass is 9.87. The third-order valence-electron chi connectivity index (χ3n) is 5.01. The van der Waals surface area contributed by atoms with Gasteiger partial charge in [0.05, 0.1) is 12.7 Å². The van der Waals surface area contributed by atoms with Crippen molar-refractivity contribution in [2.24, 2.45) is 11.8 Å². The second-order valence-corrected chi connectivity index (χ2v) is 7.28. The second-order valence-electron chi connectivity index (χ2n) is 7.28.